The molecule has 1 aliphatic heterocycles. The Morgan fingerprint density at radius 1 is 1.50 bits per heavy atom. The Morgan fingerprint density at radius 2 is 2.33 bits per heavy atom. The Hall–Kier alpha value is -0.890. The van der Waals surface area contributed by atoms with E-state index in [1.54, 1.807) is 7.11 Å². The van der Waals surface area contributed by atoms with Gasteiger partial charge < -0.3 is 25.2 Å². The van der Waals surface area contributed by atoms with E-state index in [0.717, 1.165) is 26.1 Å². The highest BCUT2D eigenvalue weighted by Gasteiger charge is 2.23. The largest absolute Gasteiger partial charge is 0.409 e. The first-order valence-electron chi connectivity index (χ1n) is 6.16. The van der Waals surface area contributed by atoms with Crippen molar-refractivity contribution in [2.75, 3.05) is 53.2 Å². The Bertz CT molecular complexity index is 250. The number of rotatable bonds is 8. The van der Waals surface area contributed by atoms with E-state index in [1.165, 1.54) is 0 Å². The molecule has 1 aliphatic rings. The molecule has 7 heteroatoms. The second-order valence-electron chi connectivity index (χ2n) is 4.14. The molecule has 1 rings (SSSR count). The summed E-state index contributed by atoms with van der Waals surface area (Å²) in [6, 6.07) is 0. The van der Waals surface area contributed by atoms with Crippen molar-refractivity contribution in [2.24, 2.45) is 10.9 Å². The van der Waals surface area contributed by atoms with Crippen LogP contribution >= 0.6 is 0 Å². The minimum atomic E-state index is -0.322. The second-order valence-corrected chi connectivity index (χ2v) is 4.14. The van der Waals surface area contributed by atoms with Gasteiger partial charge in [-0.05, 0) is 6.42 Å². The summed E-state index contributed by atoms with van der Waals surface area (Å²) in [4.78, 5) is 2.18. The SMILES string of the molecule is COCCCOCCN1CCOC(C(N)=NO)C1. The highest BCUT2D eigenvalue weighted by molar-refractivity contribution is 5.84. The van der Waals surface area contributed by atoms with E-state index in [-0.39, 0.29) is 11.9 Å². The molecular weight excluding hydrogens is 238 g/mol. The summed E-state index contributed by atoms with van der Waals surface area (Å²) in [6.07, 6.45) is 0.587. The Labute approximate surface area is 107 Å². The first kappa shape index (κ1) is 15.2. The van der Waals surface area contributed by atoms with Crippen LogP contribution in [-0.2, 0) is 14.2 Å². The summed E-state index contributed by atoms with van der Waals surface area (Å²) in [5.74, 6) is 0.126. The fraction of sp³-hybridized carbons (Fsp3) is 0.909. The number of nitrogens with zero attached hydrogens (tertiary/aromatic N) is 2. The van der Waals surface area contributed by atoms with Crippen LogP contribution in [0.2, 0.25) is 0 Å². The molecular formula is C11H23N3O4. The van der Waals surface area contributed by atoms with E-state index in [9.17, 15) is 0 Å². The van der Waals surface area contributed by atoms with Crippen molar-refractivity contribution in [2.45, 2.75) is 12.5 Å². The van der Waals surface area contributed by atoms with E-state index < -0.39 is 0 Å². The molecule has 7 nitrogen and oxygen atoms in total. The van der Waals surface area contributed by atoms with E-state index >= 15 is 0 Å². The summed E-state index contributed by atoms with van der Waals surface area (Å²) in [6.45, 7) is 5.00. The lowest BCUT2D eigenvalue weighted by molar-refractivity contribution is -0.00784. The van der Waals surface area contributed by atoms with Gasteiger partial charge in [-0.3, -0.25) is 4.90 Å². The number of nitrogens with two attached hydrogens (primary N) is 1. The number of amidine groups is 1. The van der Waals surface area contributed by atoms with Crippen molar-refractivity contribution < 1.29 is 19.4 Å². The molecule has 0 radical (unpaired) electrons. The van der Waals surface area contributed by atoms with E-state index in [2.05, 4.69) is 10.1 Å². The smallest absolute Gasteiger partial charge is 0.169 e. The maximum absolute atomic E-state index is 8.60. The lowest BCUT2D eigenvalue weighted by Crippen LogP contribution is -2.49. The van der Waals surface area contributed by atoms with Crippen LogP contribution in [-0.4, -0.2) is 75.2 Å². The van der Waals surface area contributed by atoms with Crippen molar-refractivity contribution in [1.29, 1.82) is 0 Å². The van der Waals surface area contributed by atoms with Crippen LogP contribution in [0.25, 0.3) is 0 Å². The maximum atomic E-state index is 8.60. The first-order chi connectivity index (χ1) is 8.77. The van der Waals surface area contributed by atoms with Gasteiger partial charge >= 0.3 is 0 Å². The summed E-state index contributed by atoms with van der Waals surface area (Å²) >= 11 is 0. The average molecular weight is 261 g/mol. The van der Waals surface area contributed by atoms with E-state index in [4.69, 9.17) is 25.2 Å². The number of oxime groups is 1. The third kappa shape index (κ3) is 5.63. The van der Waals surface area contributed by atoms with Gasteiger partial charge in [0.15, 0.2) is 5.84 Å². The number of ether oxygens (including phenoxy) is 3. The van der Waals surface area contributed by atoms with Crippen molar-refractivity contribution in [3.63, 3.8) is 0 Å². The minimum absolute atomic E-state index is 0.126. The topological polar surface area (TPSA) is 89.5 Å². The van der Waals surface area contributed by atoms with Gasteiger partial charge in [-0.15, -0.1) is 0 Å². The molecule has 0 aliphatic carbocycles. The number of hydrogen-bond acceptors (Lipinski definition) is 6. The number of hydrogen-bond donors (Lipinski definition) is 2. The summed E-state index contributed by atoms with van der Waals surface area (Å²) in [5, 5.41) is 11.6. The fourth-order valence-corrected chi connectivity index (χ4v) is 1.75. The van der Waals surface area contributed by atoms with Gasteiger partial charge in [-0.2, -0.15) is 0 Å². The second kappa shape index (κ2) is 9.09. The molecule has 1 atom stereocenters. The van der Waals surface area contributed by atoms with Crippen LogP contribution in [0.4, 0.5) is 0 Å². The first-order valence-corrected chi connectivity index (χ1v) is 6.16. The molecule has 0 amide bonds. The maximum Gasteiger partial charge on any atom is 0.169 e. The molecule has 106 valence electrons. The fourth-order valence-electron chi connectivity index (χ4n) is 1.75. The van der Waals surface area contributed by atoms with Crippen LogP contribution in [0, 0.1) is 0 Å². The van der Waals surface area contributed by atoms with Crippen LogP contribution in [0.1, 0.15) is 6.42 Å². The van der Waals surface area contributed by atoms with Gasteiger partial charge in [-0.1, -0.05) is 5.16 Å². The third-order valence-corrected chi connectivity index (χ3v) is 2.78. The van der Waals surface area contributed by atoms with Crippen LogP contribution < -0.4 is 5.73 Å². The molecule has 1 heterocycles. The van der Waals surface area contributed by atoms with Gasteiger partial charge in [-0.25, -0.2) is 0 Å². The van der Waals surface area contributed by atoms with Crippen molar-refractivity contribution in [3.05, 3.63) is 0 Å². The molecule has 0 bridgehead atoms. The zero-order chi connectivity index (χ0) is 13.2. The van der Waals surface area contributed by atoms with Gasteiger partial charge in [0.05, 0.1) is 13.2 Å². The third-order valence-electron chi connectivity index (χ3n) is 2.78. The van der Waals surface area contributed by atoms with Gasteiger partial charge in [0.2, 0.25) is 0 Å². The highest BCUT2D eigenvalue weighted by atomic mass is 16.5. The van der Waals surface area contributed by atoms with Gasteiger partial charge in [0.25, 0.3) is 0 Å². The minimum Gasteiger partial charge on any atom is -0.409 e. The number of methoxy groups -OCH3 is 1. The van der Waals surface area contributed by atoms with Crippen molar-refractivity contribution in [1.82, 2.24) is 4.90 Å². The summed E-state index contributed by atoms with van der Waals surface area (Å²) in [5.41, 5.74) is 5.52. The predicted octanol–water partition coefficient (Wildman–Crippen LogP) is -0.513. The zero-order valence-electron chi connectivity index (χ0n) is 10.9. The van der Waals surface area contributed by atoms with Crippen LogP contribution in [0.5, 0.6) is 0 Å². The molecule has 1 fully saturated rings. The molecule has 0 spiro atoms. The molecule has 18 heavy (non-hydrogen) atoms. The molecule has 1 saturated heterocycles. The monoisotopic (exact) mass is 261 g/mol. The lowest BCUT2D eigenvalue weighted by atomic mass is 10.2. The Kier molecular flexibility index (Phi) is 7.66. The van der Waals surface area contributed by atoms with Crippen LogP contribution in [0.3, 0.4) is 0 Å². The number of morpholine rings is 1. The van der Waals surface area contributed by atoms with Gasteiger partial charge in [0.1, 0.15) is 6.10 Å². The average Bonchev–Trinajstić information content (AvgIpc) is 2.42. The predicted molar refractivity (Wildman–Crippen MR) is 66.9 cm³/mol. The molecule has 0 aromatic carbocycles. The van der Waals surface area contributed by atoms with Gasteiger partial charge in [0, 0.05) is 40.0 Å². The molecule has 1 unspecified atom stereocenters. The quantitative estimate of drug-likeness (QED) is 0.201. The molecule has 3 N–H and O–H groups in total. The van der Waals surface area contributed by atoms with E-state index in [1.807, 2.05) is 0 Å². The van der Waals surface area contributed by atoms with Crippen LogP contribution in [0.15, 0.2) is 5.16 Å². The standard InChI is InChI=1S/C11H23N3O4/c1-16-5-2-6-17-7-3-14-4-8-18-10(9-14)11(12)13-15/h10,15H,2-9H2,1H3,(H2,12,13). The highest BCUT2D eigenvalue weighted by Crippen LogP contribution is 2.05. The zero-order valence-corrected chi connectivity index (χ0v) is 10.9. The Balaban J connectivity index is 2.11. The molecule has 0 aromatic rings. The normalized spacial score (nSPS) is 22.3. The molecule has 0 aromatic heterocycles. The molecule has 0 saturated carbocycles. The summed E-state index contributed by atoms with van der Waals surface area (Å²) in [7, 11) is 1.68. The van der Waals surface area contributed by atoms with Crippen molar-refractivity contribution in [3.8, 4) is 0 Å². The Morgan fingerprint density at radius 3 is 3.06 bits per heavy atom. The van der Waals surface area contributed by atoms with E-state index in [0.29, 0.717) is 26.4 Å². The lowest BCUT2D eigenvalue weighted by Gasteiger charge is -2.31. The summed E-state index contributed by atoms with van der Waals surface area (Å²) < 4.78 is 15.8. The van der Waals surface area contributed by atoms with Crippen molar-refractivity contribution >= 4 is 5.84 Å².